The van der Waals surface area contributed by atoms with Crippen LogP contribution in [0.2, 0.25) is 0 Å². The van der Waals surface area contributed by atoms with Crippen molar-refractivity contribution in [3.8, 4) is 0 Å². The molecule has 0 spiro atoms. The maximum atomic E-state index is 12.9. The summed E-state index contributed by atoms with van der Waals surface area (Å²) in [5, 5.41) is 0. The van der Waals surface area contributed by atoms with E-state index in [0.29, 0.717) is 17.2 Å². The minimum Gasteiger partial charge on any atom is -0.293 e. The second-order valence-electron chi connectivity index (χ2n) is 4.20. The fourth-order valence-corrected chi connectivity index (χ4v) is 2.83. The fourth-order valence-electron chi connectivity index (χ4n) is 1.39. The van der Waals surface area contributed by atoms with Crippen molar-refractivity contribution in [2.45, 2.75) is 20.3 Å². The molecule has 17 heavy (non-hydrogen) atoms. The first-order chi connectivity index (χ1) is 8.02. The summed E-state index contributed by atoms with van der Waals surface area (Å²) in [5.74, 6) is 0.150. The second kappa shape index (κ2) is 6.64. The third kappa shape index (κ3) is 4.77. The van der Waals surface area contributed by atoms with E-state index in [-0.39, 0.29) is 11.5 Å². The molecule has 2 unspecified atom stereocenters. The van der Waals surface area contributed by atoms with Gasteiger partial charge in [0.1, 0.15) is 5.82 Å². The van der Waals surface area contributed by atoms with E-state index in [1.54, 1.807) is 6.07 Å². The van der Waals surface area contributed by atoms with Crippen molar-refractivity contribution in [1.29, 1.82) is 0 Å². The summed E-state index contributed by atoms with van der Waals surface area (Å²) < 4.78 is 24.6. The first-order valence-corrected chi connectivity index (χ1v) is 7.15. The predicted molar refractivity (Wildman–Crippen MR) is 68.1 cm³/mol. The third-order valence-corrected chi connectivity index (χ3v) is 4.13. The van der Waals surface area contributed by atoms with Crippen molar-refractivity contribution < 1.29 is 13.4 Å². The van der Waals surface area contributed by atoms with Crippen molar-refractivity contribution in [2.24, 2.45) is 5.92 Å². The Balaban J connectivity index is 2.58. The monoisotopic (exact) mass is 256 g/mol. The number of halogens is 1. The largest absolute Gasteiger partial charge is 0.293 e. The lowest BCUT2D eigenvalue weighted by molar-refractivity contribution is 0.102. The van der Waals surface area contributed by atoms with Gasteiger partial charge < -0.3 is 0 Å². The molecule has 0 bridgehead atoms. The number of carbonyl (C=O) groups is 1. The average Bonchev–Trinajstić information content (AvgIpc) is 2.28. The van der Waals surface area contributed by atoms with Gasteiger partial charge in [-0.2, -0.15) is 0 Å². The Hall–Kier alpha value is -1.03. The maximum absolute atomic E-state index is 12.9. The van der Waals surface area contributed by atoms with E-state index in [0.717, 1.165) is 6.42 Å². The van der Waals surface area contributed by atoms with Gasteiger partial charge in [0.15, 0.2) is 5.78 Å². The van der Waals surface area contributed by atoms with Crippen molar-refractivity contribution in [1.82, 2.24) is 0 Å². The van der Waals surface area contributed by atoms with E-state index < -0.39 is 16.6 Å². The lowest BCUT2D eigenvalue weighted by atomic mass is 10.1. The van der Waals surface area contributed by atoms with Crippen LogP contribution in [0.15, 0.2) is 24.3 Å². The Morgan fingerprint density at radius 1 is 1.47 bits per heavy atom. The summed E-state index contributed by atoms with van der Waals surface area (Å²) in [6.07, 6.45) is 0.944. The van der Waals surface area contributed by atoms with Gasteiger partial charge in [0.25, 0.3) is 0 Å². The number of hydrogen-bond acceptors (Lipinski definition) is 2. The van der Waals surface area contributed by atoms with Crippen LogP contribution in [-0.2, 0) is 10.8 Å². The molecule has 1 aromatic rings. The van der Waals surface area contributed by atoms with Crippen LogP contribution in [0.25, 0.3) is 0 Å². The molecular formula is C13H17FO2S. The van der Waals surface area contributed by atoms with E-state index in [1.807, 2.05) is 13.8 Å². The molecule has 2 atom stereocenters. The molecule has 0 saturated carbocycles. The Morgan fingerprint density at radius 2 is 2.18 bits per heavy atom. The van der Waals surface area contributed by atoms with E-state index in [4.69, 9.17) is 0 Å². The highest BCUT2D eigenvalue weighted by atomic mass is 32.2. The van der Waals surface area contributed by atoms with Crippen molar-refractivity contribution in [3.05, 3.63) is 35.6 Å². The standard InChI is InChI=1S/C13H17FO2S/c1-3-10(2)8-17(16)9-13(15)11-5-4-6-12(14)7-11/h4-7,10H,3,8-9H2,1-2H3. The first kappa shape index (κ1) is 14.0. The van der Waals surface area contributed by atoms with Gasteiger partial charge in [0.05, 0.1) is 5.75 Å². The Labute approximate surface area is 104 Å². The minimum absolute atomic E-state index is 0.0200. The molecule has 2 nitrogen and oxygen atoms in total. The summed E-state index contributed by atoms with van der Waals surface area (Å²) in [6.45, 7) is 4.03. The van der Waals surface area contributed by atoms with Gasteiger partial charge in [-0.1, -0.05) is 32.4 Å². The van der Waals surface area contributed by atoms with Gasteiger partial charge in [-0.05, 0) is 18.1 Å². The Kier molecular flexibility index (Phi) is 5.48. The Morgan fingerprint density at radius 3 is 2.76 bits per heavy atom. The molecule has 0 heterocycles. The van der Waals surface area contributed by atoms with E-state index in [2.05, 4.69) is 0 Å². The van der Waals surface area contributed by atoms with E-state index in [1.165, 1.54) is 18.2 Å². The van der Waals surface area contributed by atoms with Crippen LogP contribution < -0.4 is 0 Å². The molecule has 4 heteroatoms. The molecule has 0 aliphatic carbocycles. The number of rotatable bonds is 6. The maximum Gasteiger partial charge on any atom is 0.175 e. The van der Waals surface area contributed by atoms with Gasteiger partial charge in [0, 0.05) is 22.1 Å². The molecule has 0 radical (unpaired) electrons. The molecule has 0 amide bonds. The zero-order valence-corrected chi connectivity index (χ0v) is 10.9. The van der Waals surface area contributed by atoms with Crippen LogP contribution in [0.5, 0.6) is 0 Å². The molecule has 94 valence electrons. The zero-order valence-electron chi connectivity index (χ0n) is 10.1. The van der Waals surface area contributed by atoms with Crippen molar-refractivity contribution in [3.63, 3.8) is 0 Å². The topological polar surface area (TPSA) is 34.1 Å². The van der Waals surface area contributed by atoms with Crippen molar-refractivity contribution in [2.75, 3.05) is 11.5 Å². The van der Waals surface area contributed by atoms with Gasteiger partial charge in [-0.15, -0.1) is 0 Å². The van der Waals surface area contributed by atoms with Crippen LogP contribution >= 0.6 is 0 Å². The normalized spacial score (nSPS) is 14.3. The van der Waals surface area contributed by atoms with E-state index in [9.17, 15) is 13.4 Å². The van der Waals surface area contributed by atoms with Gasteiger partial charge in [-0.3, -0.25) is 9.00 Å². The van der Waals surface area contributed by atoms with Crippen LogP contribution in [0.1, 0.15) is 30.6 Å². The third-order valence-electron chi connectivity index (χ3n) is 2.61. The minimum atomic E-state index is -1.16. The summed E-state index contributed by atoms with van der Waals surface area (Å²) in [7, 11) is -1.16. The molecule has 1 rings (SSSR count). The summed E-state index contributed by atoms with van der Waals surface area (Å²) >= 11 is 0. The van der Waals surface area contributed by atoms with Crippen LogP contribution in [0.4, 0.5) is 4.39 Å². The number of benzene rings is 1. The highest BCUT2D eigenvalue weighted by Gasteiger charge is 2.13. The molecule has 0 aliphatic rings. The fraction of sp³-hybridized carbons (Fsp3) is 0.462. The Bertz CT molecular complexity index is 418. The molecule has 0 fully saturated rings. The molecule has 0 aromatic heterocycles. The van der Waals surface area contributed by atoms with Crippen LogP contribution in [0, 0.1) is 11.7 Å². The van der Waals surface area contributed by atoms with Gasteiger partial charge in [-0.25, -0.2) is 4.39 Å². The van der Waals surface area contributed by atoms with Gasteiger partial charge >= 0.3 is 0 Å². The van der Waals surface area contributed by atoms with Crippen LogP contribution in [-0.4, -0.2) is 21.5 Å². The van der Waals surface area contributed by atoms with Crippen LogP contribution in [0.3, 0.4) is 0 Å². The summed E-state index contributed by atoms with van der Waals surface area (Å²) in [6, 6.07) is 5.50. The van der Waals surface area contributed by atoms with Crippen molar-refractivity contribution >= 4 is 16.6 Å². The van der Waals surface area contributed by atoms with E-state index >= 15 is 0 Å². The lowest BCUT2D eigenvalue weighted by Gasteiger charge is -2.07. The van der Waals surface area contributed by atoms with Gasteiger partial charge in [0.2, 0.25) is 0 Å². The molecule has 0 aliphatic heterocycles. The molecule has 0 saturated heterocycles. The highest BCUT2D eigenvalue weighted by Crippen LogP contribution is 2.08. The summed E-state index contributed by atoms with van der Waals surface area (Å²) in [5.41, 5.74) is 0.294. The number of ketones is 1. The molecule has 1 aromatic carbocycles. The SMILES string of the molecule is CCC(C)CS(=O)CC(=O)c1cccc(F)c1. The highest BCUT2D eigenvalue weighted by molar-refractivity contribution is 7.85. The number of hydrogen-bond donors (Lipinski definition) is 0. The summed E-state index contributed by atoms with van der Waals surface area (Å²) in [4.78, 5) is 11.7. The number of carbonyl (C=O) groups excluding carboxylic acids is 1. The quantitative estimate of drug-likeness (QED) is 0.733. The predicted octanol–water partition coefficient (Wildman–Crippen LogP) is 2.80. The smallest absolute Gasteiger partial charge is 0.175 e. The average molecular weight is 256 g/mol. The number of Topliss-reactive ketones (excluding diaryl/α,β-unsaturated/α-hetero) is 1. The lowest BCUT2D eigenvalue weighted by Crippen LogP contribution is -2.16. The molecule has 0 N–H and O–H groups in total. The second-order valence-corrected chi connectivity index (χ2v) is 5.70. The molecular weight excluding hydrogens is 239 g/mol. The first-order valence-electron chi connectivity index (χ1n) is 5.66. The zero-order chi connectivity index (χ0) is 12.8.